The van der Waals surface area contributed by atoms with Gasteiger partial charge in [-0.2, -0.15) is 10.5 Å². The minimum Gasteiger partial charge on any atom is -0.207 e. The summed E-state index contributed by atoms with van der Waals surface area (Å²) in [6, 6.07) is 9.60. The Hall–Kier alpha value is -2.13. The first-order valence-electron chi connectivity index (χ1n) is 4.03. The first-order chi connectivity index (χ1) is 6.72. The van der Waals surface area contributed by atoms with Gasteiger partial charge in [-0.3, -0.25) is 0 Å². The van der Waals surface area contributed by atoms with Crippen LogP contribution < -0.4 is 0 Å². The van der Waals surface area contributed by atoms with Gasteiger partial charge in [0.15, 0.2) is 5.41 Å². The second kappa shape index (κ2) is 2.68. The zero-order valence-electron chi connectivity index (χ0n) is 7.16. The molecule has 0 unspecified atom stereocenters. The van der Waals surface area contributed by atoms with Gasteiger partial charge in [-0.05, 0) is 29.3 Å². The van der Waals surface area contributed by atoms with Crippen molar-refractivity contribution in [1.29, 1.82) is 10.5 Å². The summed E-state index contributed by atoms with van der Waals surface area (Å²) >= 11 is 0. The van der Waals surface area contributed by atoms with E-state index in [1.807, 2.05) is 12.1 Å². The summed E-state index contributed by atoms with van der Waals surface area (Å²) < 4.78 is 12.6. The third-order valence-corrected chi connectivity index (χ3v) is 2.21. The molecule has 1 aromatic carbocycles. The first-order valence-corrected chi connectivity index (χ1v) is 4.03. The molecule has 0 aliphatic heterocycles. The van der Waals surface area contributed by atoms with Crippen molar-refractivity contribution in [2.45, 2.75) is 0 Å². The molecule has 0 saturated carbocycles. The van der Waals surface area contributed by atoms with Crippen LogP contribution in [0.1, 0.15) is 5.56 Å². The summed E-state index contributed by atoms with van der Waals surface area (Å²) in [5, 5.41) is 17.5. The van der Waals surface area contributed by atoms with Crippen molar-refractivity contribution in [3.8, 4) is 12.1 Å². The highest BCUT2D eigenvalue weighted by Crippen LogP contribution is 2.49. The Morgan fingerprint density at radius 3 is 2.07 bits per heavy atom. The molecule has 2 nitrogen and oxygen atoms in total. The van der Waals surface area contributed by atoms with Crippen LogP contribution in [0.2, 0.25) is 0 Å². The second-order valence-corrected chi connectivity index (χ2v) is 3.10. The SMILES string of the molecule is N#CC1(C#N)C=C1c1ccc(F)cc1. The standard InChI is InChI=1S/C11H5FN2/c12-9-3-1-8(2-4-9)10-5-11(10,6-13)7-14/h1-5H. The van der Waals surface area contributed by atoms with Crippen LogP contribution in [0.25, 0.3) is 5.57 Å². The maximum absolute atomic E-state index is 12.6. The van der Waals surface area contributed by atoms with E-state index in [0.717, 1.165) is 5.56 Å². The largest absolute Gasteiger partial charge is 0.207 e. The van der Waals surface area contributed by atoms with E-state index in [9.17, 15) is 4.39 Å². The summed E-state index contributed by atoms with van der Waals surface area (Å²) in [7, 11) is 0. The van der Waals surface area contributed by atoms with Crippen molar-refractivity contribution in [3.63, 3.8) is 0 Å². The van der Waals surface area contributed by atoms with E-state index in [-0.39, 0.29) is 5.82 Å². The second-order valence-electron chi connectivity index (χ2n) is 3.10. The van der Waals surface area contributed by atoms with Crippen molar-refractivity contribution >= 4 is 5.57 Å². The van der Waals surface area contributed by atoms with E-state index in [1.165, 1.54) is 12.1 Å². The van der Waals surface area contributed by atoms with Crippen LogP contribution in [-0.2, 0) is 0 Å². The van der Waals surface area contributed by atoms with Crippen molar-refractivity contribution in [3.05, 3.63) is 41.7 Å². The van der Waals surface area contributed by atoms with Gasteiger partial charge in [-0.25, -0.2) is 4.39 Å². The molecule has 2 rings (SSSR count). The molecule has 0 fully saturated rings. The fourth-order valence-electron chi connectivity index (χ4n) is 1.33. The van der Waals surface area contributed by atoms with Crippen LogP contribution in [0.3, 0.4) is 0 Å². The number of allylic oxidation sites excluding steroid dienone is 2. The van der Waals surface area contributed by atoms with Gasteiger partial charge in [0.2, 0.25) is 0 Å². The molecular weight excluding hydrogens is 179 g/mol. The maximum atomic E-state index is 12.6. The van der Waals surface area contributed by atoms with Crippen LogP contribution >= 0.6 is 0 Å². The third kappa shape index (κ3) is 1.08. The Morgan fingerprint density at radius 1 is 1.07 bits per heavy atom. The lowest BCUT2D eigenvalue weighted by atomic mass is 10.00. The van der Waals surface area contributed by atoms with Crippen molar-refractivity contribution < 1.29 is 4.39 Å². The fourth-order valence-corrected chi connectivity index (χ4v) is 1.33. The number of benzene rings is 1. The zero-order valence-corrected chi connectivity index (χ0v) is 7.16. The highest BCUT2D eigenvalue weighted by molar-refractivity contribution is 5.91. The van der Waals surface area contributed by atoms with Crippen LogP contribution in [-0.4, -0.2) is 0 Å². The molecule has 0 radical (unpaired) electrons. The van der Waals surface area contributed by atoms with E-state index in [1.54, 1.807) is 18.2 Å². The zero-order chi connectivity index (χ0) is 10.2. The average Bonchev–Trinajstić information content (AvgIpc) is 2.94. The Bertz CT molecular complexity index is 472. The van der Waals surface area contributed by atoms with E-state index in [4.69, 9.17) is 10.5 Å². The quantitative estimate of drug-likeness (QED) is 0.672. The number of rotatable bonds is 1. The summed E-state index contributed by atoms with van der Waals surface area (Å²) in [5.41, 5.74) is 0.328. The highest BCUT2D eigenvalue weighted by Gasteiger charge is 2.45. The molecule has 0 spiro atoms. The Labute approximate surface area is 80.5 Å². The van der Waals surface area contributed by atoms with E-state index in [0.29, 0.717) is 5.57 Å². The normalized spacial score (nSPS) is 16.4. The van der Waals surface area contributed by atoms with Crippen LogP contribution in [0.5, 0.6) is 0 Å². The average molecular weight is 184 g/mol. The lowest BCUT2D eigenvalue weighted by Gasteiger charge is -1.98. The number of nitriles is 2. The van der Waals surface area contributed by atoms with Crippen molar-refractivity contribution in [2.75, 3.05) is 0 Å². The smallest absolute Gasteiger partial charge is 0.187 e. The van der Waals surface area contributed by atoms with Gasteiger partial charge in [0.1, 0.15) is 5.82 Å². The fraction of sp³-hybridized carbons (Fsp3) is 0.0909. The molecule has 66 valence electrons. The molecule has 14 heavy (non-hydrogen) atoms. The molecule has 0 amide bonds. The summed E-state index contributed by atoms with van der Waals surface area (Å²) in [4.78, 5) is 0. The topological polar surface area (TPSA) is 47.6 Å². The third-order valence-electron chi connectivity index (χ3n) is 2.21. The molecule has 3 heteroatoms. The van der Waals surface area contributed by atoms with Crippen LogP contribution in [0, 0.1) is 33.9 Å². The van der Waals surface area contributed by atoms with Gasteiger partial charge in [-0.15, -0.1) is 0 Å². The monoisotopic (exact) mass is 184 g/mol. The lowest BCUT2D eigenvalue weighted by Crippen LogP contribution is -1.96. The molecule has 0 saturated heterocycles. The molecule has 1 aliphatic carbocycles. The molecular formula is C11H5FN2. The van der Waals surface area contributed by atoms with E-state index < -0.39 is 5.41 Å². The van der Waals surface area contributed by atoms with E-state index >= 15 is 0 Å². The summed E-state index contributed by atoms with van der Waals surface area (Å²) in [6.07, 6.45) is 1.58. The van der Waals surface area contributed by atoms with Crippen molar-refractivity contribution in [2.24, 2.45) is 5.41 Å². The number of hydrogen-bond donors (Lipinski definition) is 0. The maximum Gasteiger partial charge on any atom is 0.187 e. The Kier molecular flexibility index (Phi) is 1.62. The lowest BCUT2D eigenvalue weighted by molar-refractivity contribution is 0.627. The molecule has 0 bridgehead atoms. The first kappa shape index (κ1) is 8.47. The number of halogens is 1. The molecule has 0 heterocycles. The predicted octanol–water partition coefficient (Wildman–Crippen LogP) is 2.26. The van der Waals surface area contributed by atoms with Gasteiger partial charge >= 0.3 is 0 Å². The minimum absolute atomic E-state index is 0.325. The predicted molar refractivity (Wildman–Crippen MR) is 48.0 cm³/mol. The van der Waals surface area contributed by atoms with Gasteiger partial charge < -0.3 is 0 Å². The Balaban J connectivity index is 2.31. The van der Waals surface area contributed by atoms with Crippen LogP contribution in [0.15, 0.2) is 30.3 Å². The minimum atomic E-state index is -1.07. The van der Waals surface area contributed by atoms with Crippen LogP contribution in [0.4, 0.5) is 4.39 Å². The van der Waals surface area contributed by atoms with Gasteiger partial charge in [0, 0.05) is 0 Å². The molecule has 1 aliphatic rings. The molecule has 0 atom stereocenters. The number of hydrogen-bond acceptors (Lipinski definition) is 2. The molecule has 0 aromatic heterocycles. The van der Waals surface area contributed by atoms with Gasteiger partial charge in [0.05, 0.1) is 12.1 Å². The summed E-state index contributed by atoms with van der Waals surface area (Å²) in [5.74, 6) is -0.325. The summed E-state index contributed by atoms with van der Waals surface area (Å²) in [6.45, 7) is 0. The van der Waals surface area contributed by atoms with Crippen molar-refractivity contribution in [1.82, 2.24) is 0 Å². The number of nitrogens with zero attached hydrogens (tertiary/aromatic N) is 2. The highest BCUT2D eigenvalue weighted by atomic mass is 19.1. The Morgan fingerprint density at radius 2 is 1.64 bits per heavy atom. The molecule has 1 aromatic rings. The van der Waals surface area contributed by atoms with E-state index in [2.05, 4.69) is 0 Å². The van der Waals surface area contributed by atoms with Gasteiger partial charge in [-0.1, -0.05) is 12.1 Å². The van der Waals surface area contributed by atoms with Gasteiger partial charge in [0.25, 0.3) is 0 Å². The molecule has 0 N–H and O–H groups in total.